The number of rotatable bonds is 6. The van der Waals surface area contributed by atoms with E-state index in [2.05, 4.69) is 15.3 Å². The summed E-state index contributed by atoms with van der Waals surface area (Å²) in [6.07, 6.45) is 3.34. The zero-order chi connectivity index (χ0) is 19.4. The normalized spacial score (nSPS) is 16.7. The van der Waals surface area contributed by atoms with Crippen molar-refractivity contribution >= 4 is 17.6 Å². The predicted octanol–water partition coefficient (Wildman–Crippen LogP) is 1.65. The molecule has 144 valence electrons. The van der Waals surface area contributed by atoms with Crippen LogP contribution in [0.4, 0.5) is 5.82 Å². The van der Waals surface area contributed by atoms with Gasteiger partial charge in [-0.15, -0.1) is 0 Å². The van der Waals surface area contributed by atoms with Crippen molar-refractivity contribution in [2.75, 3.05) is 25.5 Å². The molecule has 2 aromatic rings. The Labute approximate surface area is 158 Å². The number of amides is 2. The largest absolute Gasteiger partial charge is 0.496 e. The van der Waals surface area contributed by atoms with E-state index in [1.165, 1.54) is 7.11 Å². The first-order chi connectivity index (χ1) is 13.0. The highest BCUT2D eigenvalue weighted by atomic mass is 16.5. The Morgan fingerprint density at radius 1 is 1.26 bits per heavy atom. The van der Waals surface area contributed by atoms with Crippen LogP contribution in [-0.2, 0) is 4.79 Å². The number of carbonyl (C=O) groups excluding carboxylic acids is 2. The molecule has 1 aromatic heterocycles. The molecule has 3 rings (SSSR count). The topological polar surface area (TPSA) is 102 Å². The number of primary amides is 1. The molecule has 0 unspecified atom stereocenters. The molecule has 1 atom stereocenters. The molecule has 0 saturated carbocycles. The van der Waals surface area contributed by atoms with Crippen molar-refractivity contribution in [2.24, 2.45) is 5.73 Å². The Kier molecular flexibility index (Phi) is 5.75. The quantitative estimate of drug-likeness (QED) is 0.804. The Morgan fingerprint density at radius 2 is 1.96 bits per heavy atom. The van der Waals surface area contributed by atoms with E-state index in [-0.39, 0.29) is 23.9 Å². The van der Waals surface area contributed by atoms with Crippen molar-refractivity contribution in [3.8, 4) is 5.75 Å². The fourth-order valence-corrected chi connectivity index (χ4v) is 3.42. The van der Waals surface area contributed by atoms with Gasteiger partial charge in [-0.05, 0) is 31.9 Å². The number of aromatic nitrogens is 2. The Bertz CT molecular complexity index is 811. The molecule has 1 fully saturated rings. The van der Waals surface area contributed by atoms with Gasteiger partial charge in [0.1, 0.15) is 11.6 Å². The van der Waals surface area contributed by atoms with Gasteiger partial charge in [0.05, 0.1) is 31.0 Å². The fourth-order valence-electron chi connectivity index (χ4n) is 3.42. The summed E-state index contributed by atoms with van der Waals surface area (Å²) in [5.74, 6) is 0.619. The third kappa shape index (κ3) is 4.11. The van der Waals surface area contributed by atoms with Crippen molar-refractivity contribution in [1.29, 1.82) is 0 Å². The molecule has 2 heterocycles. The monoisotopic (exact) mass is 371 g/mol. The van der Waals surface area contributed by atoms with Crippen LogP contribution in [0.3, 0.4) is 0 Å². The number of ether oxygens (including phenoxy) is 1. The number of methoxy groups -OCH3 is 1. The number of likely N-dealkylation sites (tertiary alicyclic amines) is 1. The van der Waals surface area contributed by atoms with Gasteiger partial charge in [-0.3, -0.25) is 14.5 Å². The van der Waals surface area contributed by atoms with Crippen LogP contribution in [0, 0.1) is 0 Å². The minimum Gasteiger partial charge on any atom is -0.496 e. The highest BCUT2D eigenvalue weighted by Crippen LogP contribution is 2.27. The van der Waals surface area contributed by atoms with Gasteiger partial charge < -0.3 is 15.8 Å². The molecule has 0 bridgehead atoms. The molecule has 1 aromatic carbocycles. The van der Waals surface area contributed by atoms with Gasteiger partial charge in [-0.1, -0.05) is 12.1 Å². The van der Waals surface area contributed by atoms with E-state index >= 15 is 0 Å². The van der Waals surface area contributed by atoms with Crippen LogP contribution in [0.5, 0.6) is 5.75 Å². The first-order valence-electron chi connectivity index (χ1n) is 9.02. The van der Waals surface area contributed by atoms with Gasteiger partial charge in [-0.25, -0.2) is 4.68 Å². The lowest BCUT2D eigenvalue weighted by Gasteiger charge is -2.35. The van der Waals surface area contributed by atoms with Crippen LogP contribution in [0.1, 0.15) is 36.2 Å². The second kappa shape index (κ2) is 8.22. The Balaban J connectivity index is 1.68. The lowest BCUT2D eigenvalue weighted by molar-refractivity contribution is -0.123. The van der Waals surface area contributed by atoms with Crippen molar-refractivity contribution in [3.05, 3.63) is 42.1 Å². The van der Waals surface area contributed by atoms with Crippen molar-refractivity contribution < 1.29 is 14.3 Å². The van der Waals surface area contributed by atoms with Gasteiger partial charge in [0, 0.05) is 19.2 Å². The van der Waals surface area contributed by atoms with Gasteiger partial charge in [0.15, 0.2) is 0 Å². The number of piperidine rings is 1. The van der Waals surface area contributed by atoms with Crippen LogP contribution < -0.4 is 15.8 Å². The molecule has 3 N–H and O–H groups in total. The van der Waals surface area contributed by atoms with Crippen LogP contribution in [-0.4, -0.2) is 52.7 Å². The van der Waals surface area contributed by atoms with E-state index in [4.69, 9.17) is 10.5 Å². The van der Waals surface area contributed by atoms with Crippen LogP contribution in [0.2, 0.25) is 0 Å². The summed E-state index contributed by atoms with van der Waals surface area (Å²) in [6, 6.07) is 8.76. The molecule has 1 saturated heterocycles. The standard InChI is InChI=1S/C19H25N5O3/c1-13(18(20)25)23-11-8-14(9-12-23)24-17(7-10-21-24)22-19(26)15-5-3-4-6-16(15)27-2/h3-7,10,13-14H,8-9,11-12H2,1-2H3,(H2,20,25)(H,22,26)/t13-/m0/s1. The molecule has 0 radical (unpaired) electrons. The molecule has 0 spiro atoms. The number of hydrogen-bond acceptors (Lipinski definition) is 5. The first-order valence-corrected chi connectivity index (χ1v) is 9.02. The predicted molar refractivity (Wildman–Crippen MR) is 102 cm³/mol. The molecule has 27 heavy (non-hydrogen) atoms. The van der Waals surface area contributed by atoms with Crippen molar-refractivity contribution in [3.63, 3.8) is 0 Å². The fraction of sp³-hybridized carbons (Fsp3) is 0.421. The maximum absolute atomic E-state index is 12.7. The average molecular weight is 371 g/mol. The summed E-state index contributed by atoms with van der Waals surface area (Å²) < 4.78 is 7.11. The summed E-state index contributed by atoms with van der Waals surface area (Å²) in [5, 5.41) is 7.32. The number of benzene rings is 1. The maximum Gasteiger partial charge on any atom is 0.260 e. The summed E-state index contributed by atoms with van der Waals surface area (Å²) in [7, 11) is 1.54. The lowest BCUT2D eigenvalue weighted by atomic mass is 10.0. The zero-order valence-corrected chi connectivity index (χ0v) is 15.6. The third-order valence-corrected chi connectivity index (χ3v) is 5.07. The number of nitrogens with zero attached hydrogens (tertiary/aromatic N) is 3. The number of anilines is 1. The summed E-state index contributed by atoms with van der Waals surface area (Å²) in [6.45, 7) is 3.35. The highest BCUT2D eigenvalue weighted by Gasteiger charge is 2.27. The Morgan fingerprint density at radius 3 is 2.63 bits per heavy atom. The lowest BCUT2D eigenvalue weighted by Crippen LogP contribution is -2.46. The summed E-state index contributed by atoms with van der Waals surface area (Å²) in [4.78, 5) is 26.1. The molecule has 2 amide bonds. The van der Waals surface area contributed by atoms with Crippen LogP contribution in [0.25, 0.3) is 0 Å². The average Bonchev–Trinajstić information content (AvgIpc) is 3.15. The minimum absolute atomic E-state index is 0.157. The summed E-state index contributed by atoms with van der Waals surface area (Å²) in [5.41, 5.74) is 5.87. The molecule has 1 aliphatic heterocycles. The molecule has 8 heteroatoms. The molecule has 1 aliphatic rings. The van der Waals surface area contributed by atoms with E-state index in [1.54, 1.807) is 30.5 Å². The van der Waals surface area contributed by atoms with Crippen LogP contribution in [0.15, 0.2) is 36.5 Å². The Hall–Kier alpha value is -2.87. The van der Waals surface area contributed by atoms with E-state index in [9.17, 15) is 9.59 Å². The van der Waals surface area contributed by atoms with E-state index < -0.39 is 0 Å². The van der Waals surface area contributed by atoms with Gasteiger partial charge >= 0.3 is 0 Å². The molecular formula is C19H25N5O3. The summed E-state index contributed by atoms with van der Waals surface area (Å²) >= 11 is 0. The molecule has 0 aliphatic carbocycles. The van der Waals surface area contributed by atoms with Crippen LogP contribution >= 0.6 is 0 Å². The number of hydrogen-bond donors (Lipinski definition) is 2. The molecular weight excluding hydrogens is 346 g/mol. The number of para-hydroxylation sites is 1. The highest BCUT2D eigenvalue weighted by molar-refractivity contribution is 6.05. The maximum atomic E-state index is 12.7. The van der Waals surface area contributed by atoms with E-state index in [0.29, 0.717) is 17.1 Å². The number of carbonyl (C=O) groups is 2. The second-order valence-corrected chi connectivity index (χ2v) is 6.66. The van der Waals surface area contributed by atoms with Crippen molar-refractivity contribution in [2.45, 2.75) is 31.8 Å². The second-order valence-electron chi connectivity index (χ2n) is 6.66. The SMILES string of the molecule is COc1ccccc1C(=O)Nc1ccnn1C1CCN([C@@H](C)C(N)=O)CC1. The number of nitrogens with two attached hydrogens (primary N) is 1. The third-order valence-electron chi connectivity index (χ3n) is 5.07. The van der Waals surface area contributed by atoms with Crippen molar-refractivity contribution in [1.82, 2.24) is 14.7 Å². The first kappa shape index (κ1) is 18.9. The molecule has 8 nitrogen and oxygen atoms in total. The van der Waals surface area contributed by atoms with Gasteiger partial charge in [-0.2, -0.15) is 5.10 Å². The zero-order valence-electron chi connectivity index (χ0n) is 15.6. The number of nitrogens with one attached hydrogen (secondary N) is 1. The minimum atomic E-state index is -0.308. The van der Waals surface area contributed by atoms with Gasteiger partial charge in [0.2, 0.25) is 5.91 Å². The van der Waals surface area contributed by atoms with E-state index in [1.807, 2.05) is 17.7 Å². The smallest absolute Gasteiger partial charge is 0.260 e. The van der Waals surface area contributed by atoms with Gasteiger partial charge in [0.25, 0.3) is 5.91 Å². The van der Waals surface area contributed by atoms with E-state index in [0.717, 1.165) is 25.9 Å².